The van der Waals surface area contributed by atoms with Gasteiger partial charge in [0.2, 0.25) is 5.91 Å². The number of ether oxygens (including phenoxy) is 1. The van der Waals surface area contributed by atoms with Crippen molar-refractivity contribution in [2.24, 2.45) is 5.92 Å². The van der Waals surface area contributed by atoms with Crippen molar-refractivity contribution in [1.82, 2.24) is 4.90 Å². The summed E-state index contributed by atoms with van der Waals surface area (Å²) in [4.78, 5) is 26.4. The number of benzene rings is 2. The second kappa shape index (κ2) is 8.72. The Kier molecular flexibility index (Phi) is 6.12. The summed E-state index contributed by atoms with van der Waals surface area (Å²) in [5.74, 6) is 0.485. The largest absolute Gasteiger partial charge is 0.484 e. The summed E-state index contributed by atoms with van der Waals surface area (Å²) in [5.41, 5.74) is 0.798. The zero-order valence-corrected chi connectivity index (χ0v) is 15.1. The van der Waals surface area contributed by atoms with E-state index < -0.39 is 0 Å². The highest BCUT2D eigenvalue weighted by molar-refractivity contribution is 6.30. The van der Waals surface area contributed by atoms with E-state index in [2.05, 4.69) is 5.32 Å². The number of nitrogens with zero attached hydrogens (tertiary/aromatic N) is 1. The molecule has 2 aromatic rings. The van der Waals surface area contributed by atoms with Gasteiger partial charge in [-0.2, -0.15) is 0 Å². The van der Waals surface area contributed by atoms with Crippen molar-refractivity contribution >= 4 is 29.1 Å². The van der Waals surface area contributed by atoms with Crippen molar-refractivity contribution in [3.8, 4) is 5.75 Å². The van der Waals surface area contributed by atoms with Crippen LogP contribution in [-0.4, -0.2) is 36.4 Å². The summed E-state index contributed by atoms with van der Waals surface area (Å²) in [7, 11) is 0. The van der Waals surface area contributed by atoms with Gasteiger partial charge in [-0.3, -0.25) is 9.59 Å². The summed E-state index contributed by atoms with van der Waals surface area (Å²) in [5, 5.41) is 3.55. The van der Waals surface area contributed by atoms with E-state index in [0.717, 1.165) is 5.69 Å². The molecule has 1 fully saturated rings. The Morgan fingerprint density at radius 3 is 2.35 bits per heavy atom. The van der Waals surface area contributed by atoms with Crippen molar-refractivity contribution in [3.63, 3.8) is 0 Å². The molecule has 0 saturated carbocycles. The van der Waals surface area contributed by atoms with Gasteiger partial charge in [-0.05, 0) is 49.2 Å². The molecule has 1 heterocycles. The number of likely N-dealkylation sites (tertiary alicyclic amines) is 1. The SMILES string of the molecule is O=C(Nc1ccccc1)C1CCN(C(=O)COc2ccc(Cl)cc2)CC1. The quantitative estimate of drug-likeness (QED) is 0.872. The smallest absolute Gasteiger partial charge is 0.260 e. The molecule has 0 unspecified atom stereocenters. The molecule has 26 heavy (non-hydrogen) atoms. The van der Waals surface area contributed by atoms with E-state index in [9.17, 15) is 9.59 Å². The number of rotatable bonds is 5. The molecule has 3 rings (SSSR count). The molecule has 0 spiro atoms. The van der Waals surface area contributed by atoms with E-state index in [-0.39, 0.29) is 24.3 Å². The lowest BCUT2D eigenvalue weighted by molar-refractivity contribution is -0.136. The molecule has 136 valence electrons. The third-order valence-corrected chi connectivity index (χ3v) is 4.69. The van der Waals surface area contributed by atoms with Gasteiger partial charge in [-0.1, -0.05) is 29.8 Å². The first-order chi connectivity index (χ1) is 12.6. The number of hydrogen-bond acceptors (Lipinski definition) is 3. The van der Waals surface area contributed by atoms with E-state index in [0.29, 0.717) is 36.7 Å². The number of carbonyl (C=O) groups excluding carboxylic acids is 2. The van der Waals surface area contributed by atoms with Crippen molar-refractivity contribution in [3.05, 3.63) is 59.6 Å². The Hall–Kier alpha value is -2.53. The first-order valence-electron chi connectivity index (χ1n) is 8.64. The Labute approximate surface area is 157 Å². The van der Waals surface area contributed by atoms with Crippen LogP contribution in [0.3, 0.4) is 0 Å². The van der Waals surface area contributed by atoms with E-state index in [1.807, 2.05) is 30.3 Å². The third kappa shape index (κ3) is 4.99. The van der Waals surface area contributed by atoms with E-state index in [1.54, 1.807) is 29.2 Å². The van der Waals surface area contributed by atoms with Crippen LogP contribution in [0.1, 0.15) is 12.8 Å². The molecule has 0 atom stereocenters. The fourth-order valence-corrected chi connectivity index (χ4v) is 3.05. The highest BCUT2D eigenvalue weighted by Crippen LogP contribution is 2.20. The summed E-state index contributed by atoms with van der Waals surface area (Å²) < 4.78 is 5.50. The highest BCUT2D eigenvalue weighted by Gasteiger charge is 2.27. The molecule has 6 heteroatoms. The van der Waals surface area contributed by atoms with Crippen LogP contribution in [0.15, 0.2) is 54.6 Å². The lowest BCUT2D eigenvalue weighted by Crippen LogP contribution is -2.43. The van der Waals surface area contributed by atoms with Crippen LogP contribution in [0.4, 0.5) is 5.69 Å². The lowest BCUT2D eigenvalue weighted by Gasteiger charge is -2.31. The van der Waals surface area contributed by atoms with Crippen LogP contribution in [0.5, 0.6) is 5.75 Å². The number of amides is 2. The summed E-state index contributed by atoms with van der Waals surface area (Å²) >= 11 is 5.82. The van der Waals surface area contributed by atoms with Gasteiger partial charge in [0.15, 0.2) is 6.61 Å². The normalized spacial score (nSPS) is 14.7. The molecule has 0 aliphatic carbocycles. The first-order valence-corrected chi connectivity index (χ1v) is 9.01. The number of hydrogen-bond donors (Lipinski definition) is 1. The van der Waals surface area contributed by atoms with E-state index in [4.69, 9.17) is 16.3 Å². The molecule has 1 N–H and O–H groups in total. The zero-order valence-electron chi connectivity index (χ0n) is 14.4. The maximum atomic E-state index is 12.3. The second-order valence-corrected chi connectivity index (χ2v) is 6.69. The highest BCUT2D eigenvalue weighted by atomic mass is 35.5. The summed E-state index contributed by atoms with van der Waals surface area (Å²) in [6.07, 6.45) is 1.32. The van der Waals surface area contributed by atoms with Crippen LogP contribution < -0.4 is 10.1 Å². The fraction of sp³-hybridized carbons (Fsp3) is 0.300. The van der Waals surface area contributed by atoms with Gasteiger partial charge in [-0.15, -0.1) is 0 Å². The van der Waals surface area contributed by atoms with Crippen molar-refractivity contribution in [2.75, 3.05) is 25.0 Å². The van der Waals surface area contributed by atoms with Crippen LogP contribution in [0.25, 0.3) is 0 Å². The van der Waals surface area contributed by atoms with Crippen molar-refractivity contribution in [1.29, 1.82) is 0 Å². The average Bonchev–Trinajstić information content (AvgIpc) is 2.68. The Morgan fingerprint density at radius 2 is 1.69 bits per heavy atom. The molecular weight excluding hydrogens is 352 g/mol. The van der Waals surface area contributed by atoms with Gasteiger partial charge in [0.25, 0.3) is 5.91 Å². The average molecular weight is 373 g/mol. The lowest BCUT2D eigenvalue weighted by atomic mass is 9.95. The number of carbonyl (C=O) groups is 2. The van der Waals surface area contributed by atoms with Gasteiger partial charge in [0.1, 0.15) is 5.75 Å². The predicted octanol–water partition coefficient (Wildman–Crippen LogP) is 3.60. The number of nitrogens with one attached hydrogen (secondary N) is 1. The van der Waals surface area contributed by atoms with Gasteiger partial charge in [0.05, 0.1) is 0 Å². The number of para-hydroxylation sites is 1. The summed E-state index contributed by atoms with van der Waals surface area (Å²) in [6, 6.07) is 16.3. The molecular formula is C20H21ClN2O3. The van der Waals surface area contributed by atoms with Crippen molar-refractivity contribution < 1.29 is 14.3 Å². The second-order valence-electron chi connectivity index (χ2n) is 6.25. The number of anilines is 1. The minimum absolute atomic E-state index is 0.0114. The molecule has 5 nitrogen and oxygen atoms in total. The molecule has 0 radical (unpaired) electrons. The van der Waals surface area contributed by atoms with E-state index in [1.165, 1.54) is 0 Å². The molecule has 2 aromatic carbocycles. The molecule has 1 aliphatic rings. The van der Waals surface area contributed by atoms with E-state index >= 15 is 0 Å². The van der Waals surface area contributed by atoms with Crippen LogP contribution in [0.2, 0.25) is 5.02 Å². The minimum Gasteiger partial charge on any atom is -0.484 e. The molecule has 2 amide bonds. The molecule has 0 aromatic heterocycles. The van der Waals surface area contributed by atoms with Gasteiger partial charge in [0, 0.05) is 29.7 Å². The third-order valence-electron chi connectivity index (χ3n) is 4.44. The zero-order chi connectivity index (χ0) is 18.4. The molecule has 1 aliphatic heterocycles. The maximum Gasteiger partial charge on any atom is 0.260 e. The minimum atomic E-state index is -0.0727. The predicted molar refractivity (Wildman–Crippen MR) is 101 cm³/mol. The Balaban J connectivity index is 1.43. The number of piperidine rings is 1. The molecule has 0 bridgehead atoms. The van der Waals surface area contributed by atoms with Crippen LogP contribution >= 0.6 is 11.6 Å². The van der Waals surface area contributed by atoms with Gasteiger partial charge >= 0.3 is 0 Å². The van der Waals surface area contributed by atoms with Gasteiger partial charge in [-0.25, -0.2) is 0 Å². The Bertz CT molecular complexity index is 741. The fourth-order valence-electron chi connectivity index (χ4n) is 2.92. The monoisotopic (exact) mass is 372 g/mol. The topological polar surface area (TPSA) is 58.6 Å². The maximum absolute atomic E-state index is 12.3. The standard InChI is InChI=1S/C20H21ClN2O3/c21-16-6-8-18(9-7-16)26-14-19(24)23-12-10-15(11-13-23)20(25)22-17-4-2-1-3-5-17/h1-9,15H,10-14H2,(H,22,25). The first kappa shape index (κ1) is 18.3. The summed E-state index contributed by atoms with van der Waals surface area (Å²) in [6.45, 7) is 1.12. The molecule has 1 saturated heterocycles. The van der Waals surface area contributed by atoms with Gasteiger partial charge < -0.3 is 15.0 Å². The van der Waals surface area contributed by atoms with Crippen LogP contribution in [0, 0.1) is 5.92 Å². The Morgan fingerprint density at radius 1 is 1.04 bits per heavy atom. The van der Waals surface area contributed by atoms with Crippen LogP contribution in [-0.2, 0) is 9.59 Å². The van der Waals surface area contributed by atoms with Crippen molar-refractivity contribution in [2.45, 2.75) is 12.8 Å². The number of halogens is 1.